The minimum absolute atomic E-state index is 0.150. The predicted molar refractivity (Wildman–Crippen MR) is 230 cm³/mol. The van der Waals surface area contributed by atoms with Crippen LogP contribution in [0.4, 0.5) is 0 Å². The van der Waals surface area contributed by atoms with Gasteiger partial charge in [0.25, 0.3) is 0 Å². The highest BCUT2D eigenvalue weighted by molar-refractivity contribution is 6.10. The summed E-state index contributed by atoms with van der Waals surface area (Å²) in [5.74, 6) is 0.150. The molecule has 9 aromatic carbocycles. The highest BCUT2D eigenvalue weighted by Gasteiger charge is 2.31. The zero-order valence-corrected chi connectivity index (χ0v) is 30.2. The van der Waals surface area contributed by atoms with Crippen molar-refractivity contribution in [2.45, 2.75) is 12.3 Å². The number of rotatable bonds is 4. The molecule has 2 aliphatic carbocycles. The van der Waals surface area contributed by atoms with Gasteiger partial charge in [-0.25, -0.2) is 0 Å². The fourth-order valence-electron chi connectivity index (χ4n) is 9.87. The van der Waals surface area contributed by atoms with Crippen molar-refractivity contribution < 1.29 is 0 Å². The molecule has 0 saturated carbocycles. The first-order valence-corrected chi connectivity index (χ1v) is 19.3. The van der Waals surface area contributed by atoms with Crippen LogP contribution < -0.4 is 0 Å². The Morgan fingerprint density at radius 3 is 1.91 bits per heavy atom. The SMILES string of the molecule is c1ccc(-n2c3ccccc3c3ccc(-c4ccc5c(c4)-c4ccccc4C5c4cccc5c(-c6ccc7c(c6)Cc6ccccc6-7)cccc45)cc32)cc1. The molecule has 1 heteroatoms. The molecule has 0 radical (unpaired) electrons. The lowest BCUT2D eigenvalue weighted by Gasteiger charge is -2.19. The molecule has 256 valence electrons. The molecule has 1 nitrogen and oxygen atoms in total. The largest absolute Gasteiger partial charge is 0.309 e. The number of hydrogen-bond donors (Lipinski definition) is 0. The molecular formula is C54H35N. The molecule has 12 rings (SSSR count). The fourth-order valence-corrected chi connectivity index (χ4v) is 9.87. The quantitative estimate of drug-likeness (QED) is 0.173. The molecule has 0 bridgehead atoms. The van der Waals surface area contributed by atoms with E-state index in [1.807, 2.05) is 0 Å². The Balaban J connectivity index is 0.983. The third-order valence-corrected chi connectivity index (χ3v) is 12.3. The number of fused-ring (bicyclic) bond motifs is 10. The lowest BCUT2D eigenvalue weighted by Crippen LogP contribution is -2.00. The van der Waals surface area contributed by atoms with Crippen molar-refractivity contribution in [2.24, 2.45) is 0 Å². The number of nitrogens with zero attached hydrogens (tertiary/aromatic N) is 1. The van der Waals surface area contributed by atoms with Gasteiger partial charge in [0, 0.05) is 22.4 Å². The van der Waals surface area contributed by atoms with Gasteiger partial charge in [0.05, 0.1) is 11.0 Å². The van der Waals surface area contributed by atoms with Gasteiger partial charge in [-0.15, -0.1) is 0 Å². The fraction of sp³-hybridized carbons (Fsp3) is 0.0370. The van der Waals surface area contributed by atoms with E-state index in [9.17, 15) is 0 Å². The molecule has 0 spiro atoms. The van der Waals surface area contributed by atoms with Crippen LogP contribution in [-0.2, 0) is 6.42 Å². The summed E-state index contributed by atoms with van der Waals surface area (Å²) in [6.45, 7) is 0. The summed E-state index contributed by atoms with van der Waals surface area (Å²) < 4.78 is 2.41. The van der Waals surface area contributed by atoms with E-state index >= 15 is 0 Å². The van der Waals surface area contributed by atoms with Crippen molar-refractivity contribution >= 4 is 32.6 Å². The molecule has 0 N–H and O–H groups in total. The molecule has 0 saturated heterocycles. The Kier molecular flexibility index (Phi) is 6.53. The molecule has 0 amide bonds. The molecule has 55 heavy (non-hydrogen) atoms. The van der Waals surface area contributed by atoms with Gasteiger partial charge in [-0.3, -0.25) is 0 Å². The summed E-state index contributed by atoms with van der Waals surface area (Å²) in [5.41, 5.74) is 21.0. The summed E-state index contributed by atoms with van der Waals surface area (Å²) in [4.78, 5) is 0. The van der Waals surface area contributed by atoms with Crippen molar-refractivity contribution in [1.29, 1.82) is 0 Å². The summed E-state index contributed by atoms with van der Waals surface area (Å²) in [5, 5.41) is 5.17. The molecule has 2 aliphatic rings. The molecule has 1 heterocycles. The minimum Gasteiger partial charge on any atom is -0.309 e. The highest BCUT2D eigenvalue weighted by Crippen LogP contribution is 2.51. The standard InChI is InChI=1S/C54H35N/c1-2-13-39(14-3-1)55-52-23-9-8-17-46(52)47-28-24-35(33-53(47)55)34-25-29-50-51(32-34)45-16-6-7-18-48(45)54(50)49-22-11-20-43-41(19-10-21-44(43)49)37-26-27-42-38(31-37)30-36-12-4-5-15-40(36)42/h1-29,31-33,54H,30H2. The van der Waals surface area contributed by atoms with Gasteiger partial charge in [-0.2, -0.15) is 0 Å². The van der Waals surface area contributed by atoms with Crippen LogP contribution in [0, 0.1) is 0 Å². The van der Waals surface area contributed by atoms with Crippen molar-refractivity contribution in [1.82, 2.24) is 4.57 Å². The third kappa shape index (κ3) is 4.54. The first kappa shape index (κ1) is 30.5. The number of benzene rings is 9. The predicted octanol–water partition coefficient (Wildman–Crippen LogP) is 14.0. The van der Waals surface area contributed by atoms with Gasteiger partial charge in [0.1, 0.15) is 0 Å². The summed E-state index contributed by atoms with van der Waals surface area (Å²) in [7, 11) is 0. The molecular weight excluding hydrogens is 663 g/mol. The van der Waals surface area contributed by atoms with E-state index in [0.717, 1.165) is 6.42 Å². The molecule has 0 fully saturated rings. The van der Waals surface area contributed by atoms with Crippen LogP contribution in [-0.4, -0.2) is 4.57 Å². The maximum atomic E-state index is 2.43. The second-order valence-electron chi connectivity index (χ2n) is 15.2. The van der Waals surface area contributed by atoms with E-state index < -0.39 is 0 Å². The van der Waals surface area contributed by atoms with Gasteiger partial charge in [0.15, 0.2) is 0 Å². The highest BCUT2D eigenvalue weighted by atomic mass is 15.0. The number of aromatic nitrogens is 1. The van der Waals surface area contributed by atoms with Gasteiger partial charge in [-0.05, 0) is 120 Å². The maximum absolute atomic E-state index is 2.43. The van der Waals surface area contributed by atoms with Crippen LogP contribution >= 0.6 is 0 Å². The second kappa shape index (κ2) is 11.8. The Hall–Kier alpha value is -6.96. The van der Waals surface area contributed by atoms with E-state index in [4.69, 9.17) is 0 Å². The normalized spacial score (nSPS) is 13.9. The van der Waals surface area contributed by atoms with Crippen LogP contribution in [0.15, 0.2) is 194 Å². The molecule has 1 aromatic heterocycles. The van der Waals surface area contributed by atoms with Crippen molar-refractivity contribution in [3.8, 4) is 50.2 Å². The topological polar surface area (TPSA) is 4.93 Å². The Morgan fingerprint density at radius 1 is 0.327 bits per heavy atom. The van der Waals surface area contributed by atoms with Gasteiger partial charge < -0.3 is 4.57 Å². The Morgan fingerprint density at radius 2 is 0.964 bits per heavy atom. The molecule has 1 atom stereocenters. The van der Waals surface area contributed by atoms with Crippen molar-refractivity contribution in [3.05, 3.63) is 222 Å². The van der Waals surface area contributed by atoms with E-state index in [1.165, 1.54) is 111 Å². The summed E-state index contributed by atoms with van der Waals surface area (Å²) >= 11 is 0. The number of para-hydroxylation sites is 2. The van der Waals surface area contributed by atoms with Crippen LogP contribution in [0.3, 0.4) is 0 Å². The van der Waals surface area contributed by atoms with Crippen LogP contribution in [0.2, 0.25) is 0 Å². The first-order chi connectivity index (χ1) is 27.3. The maximum Gasteiger partial charge on any atom is 0.0547 e. The average molecular weight is 698 g/mol. The Labute approximate surface area is 320 Å². The van der Waals surface area contributed by atoms with Crippen LogP contribution in [0.1, 0.15) is 33.7 Å². The second-order valence-corrected chi connectivity index (χ2v) is 15.2. The smallest absolute Gasteiger partial charge is 0.0547 e. The zero-order valence-electron chi connectivity index (χ0n) is 30.2. The van der Waals surface area contributed by atoms with Gasteiger partial charge in [-0.1, -0.05) is 164 Å². The van der Waals surface area contributed by atoms with E-state index in [0.29, 0.717) is 0 Å². The monoisotopic (exact) mass is 697 g/mol. The van der Waals surface area contributed by atoms with Crippen molar-refractivity contribution in [2.75, 3.05) is 0 Å². The van der Waals surface area contributed by atoms with E-state index in [2.05, 4.69) is 199 Å². The summed E-state index contributed by atoms with van der Waals surface area (Å²) in [6.07, 6.45) is 0.997. The molecule has 0 aliphatic heterocycles. The third-order valence-electron chi connectivity index (χ3n) is 12.3. The lowest BCUT2D eigenvalue weighted by molar-refractivity contribution is 1.03. The first-order valence-electron chi connectivity index (χ1n) is 19.3. The van der Waals surface area contributed by atoms with Gasteiger partial charge in [0.2, 0.25) is 0 Å². The molecule has 10 aromatic rings. The average Bonchev–Trinajstić information content (AvgIpc) is 3.90. The lowest BCUT2D eigenvalue weighted by atomic mass is 9.84. The van der Waals surface area contributed by atoms with E-state index in [1.54, 1.807) is 0 Å². The van der Waals surface area contributed by atoms with E-state index in [-0.39, 0.29) is 5.92 Å². The van der Waals surface area contributed by atoms with Gasteiger partial charge >= 0.3 is 0 Å². The van der Waals surface area contributed by atoms with Crippen LogP contribution in [0.5, 0.6) is 0 Å². The van der Waals surface area contributed by atoms with Crippen LogP contribution in [0.25, 0.3) is 82.8 Å². The Bertz CT molecular complexity index is 3180. The van der Waals surface area contributed by atoms with Crippen molar-refractivity contribution in [3.63, 3.8) is 0 Å². The number of hydrogen-bond acceptors (Lipinski definition) is 0. The zero-order chi connectivity index (χ0) is 36.0. The minimum atomic E-state index is 0.150. The molecule has 1 unspecified atom stereocenters. The summed E-state index contributed by atoms with van der Waals surface area (Å²) in [6, 6.07) is 72.4.